The van der Waals surface area contributed by atoms with Gasteiger partial charge in [-0.1, -0.05) is 6.42 Å². The number of rotatable bonds is 5. The van der Waals surface area contributed by atoms with Crippen LogP contribution in [0, 0.1) is 0 Å². The Morgan fingerprint density at radius 3 is 2.57 bits per heavy atom. The zero-order valence-corrected chi connectivity index (χ0v) is 13.7. The average molecular weight is 312 g/mol. The van der Waals surface area contributed by atoms with Gasteiger partial charge in [-0.2, -0.15) is 0 Å². The molecule has 0 spiro atoms. The van der Waals surface area contributed by atoms with Gasteiger partial charge >= 0.3 is 0 Å². The van der Waals surface area contributed by atoms with Gasteiger partial charge in [0.2, 0.25) is 10.0 Å². The topological polar surface area (TPSA) is 65.5 Å². The molecule has 21 heavy (non-hydrogen) atoms. The summed E-state index contributed by atoms with van der Waals surface area (Å²) in [6.45, 7) is 1.96. The fraction of sp³-hybridized carbons (Fsp3) is 0.643. The Hall–Kier alpha value is -1.18. The minimum Gasteiger partial charge on any atom is -0.358 e. The number of hydrogen-bond acceptors (Lipinski definition) is 5. The minimum absolute atomic E-state index is 0.223. The Morgan fingerprint density at radius 2 is 2.05 bits per heavy atom. The van der Waals surface area contributed by atoms with Gasteiger partial charge in [-0.05, 0) is 31.5 Å². The first-order valence-electron chi connectivity index (χ1n) is 7.24. The number of sulfonamides is 1. The zero-order chi connectivity index (χ0) is 15.5. The van der Waals surface area contributed by atoms with Crippen LogP contribution in [0.5, 0.6) is 0 Å². The van der Waals surface area contributed by atoms with Crippen molar-refractivity contribution >= 4 is 15.8 Å². The van der Waals surface area contributed by atoms with Crippen molar-refractivity contribution in [2.45, 2.75) is 30.2 Å². The Kier molecular flexibility index (Phi) is 5.18. The monoisotopic (exact) mass is 312 g/mol. The van der Waals surface area contributed by atoms with Crippen molar-refractivity contribution in [3.63, 3.8) is 0 Å². The molecule has 0 bridgehead atoms. The van der Waals surface area contributed by atoms with Crippen molar-refractivity contribution in [2.24, 2.45) is 0 Å². The van der Waals surface area contributed by atoms with E-state index in [-0.39, 0.29) is 4.90 Å². The van der Waals surface area contributed by atoms with Crippen molar-refractivity contribution in [1.82, 2.24) is 14.6 Å². The molecule has 1 aromatic heterocycles. The molecule has 2 rings (SSSR count). The van der Waals surface area contributed by atoms with E-state index in [0.717, 1.165) is 18.9 Å². The summed E-state index contributed by atoms with van der Waals surface area (Å²) in [4.78, 5) is 6.57. The molecule has 1 fully saturated rings. The summed E-state index contributed by atoms with van der Waals surface area (Å²) in [5.74, 6) is 0.792. The van der Waals surface area contributed by atoms with E-state index in [1.165, 1.54) is 43.9 Å². The van der Waals surface area contributed by atoms with E-state index in [1.807, 2.05) is 7.05 Å². The second kappa shape index (κ2) is 6.72. The van der Waals surface area contributed by atoms with Gasteiger partial charge in [0.15, 0.2) is 0 Å². The summed E-state index contributed by atoms with van der Waals surface area (Å²) in [6, 6.07) is 3.86. The fourth-order valence-electron chi connectivity index (χ4n) is 2.47. The Bertz CT molecular complexity index is 551. The first-order valence-corrected chi connectivity index (χ1v) is 8.68. The molecule has 1 aromatic rings. The smallest absolute Gasteiger partial charge is 0.244 e. The molecule has 1 N–H and O–H groups in total. The standard InChI is InChI=1S/C14H24N4O2S/c1-17(2)21(19,20)13-7-8-14(16-10-13)18(3)11-12-6-4-5-9-15-12/h7-8,10,12,15H,4-6,9,11H2,1-3H3. The quantitative estimate of drug-likeness (QED) is 0.875. The van der Waals surface area contributed by atoms with Crippen LogP contribution in [0.3, 0.4) is 0 Å². The molecule has 1 atom stereocenters. The SMILES string of the molecule is CN(CC1CCCCN1)c1ccc(S(=O)(=O)N(C)C)cn1. The molecular weight excluding hydrogens is 288 g/mol. The van der Waals surface area contributed by atoms with Crippen molar-refractivity contribution in [3.8, 4) is 0 Å². The van der Waals surface area contributed by atoms with E-state index in [1.54, 1.807) is 12.1 Å². The minimum atomic E-state index is -3.41. The first-order chi connectivity index (χ1) is 9.91. The highest BCUT2D eigenvalue weighted by atomic mass is 32.2. The number of pyridine rings is 1. The predicted octanol–water partition coefficient (Wildman–Crippen LogP) is 0.910. The molecule has 0 aliphatic carbocycles. The highest BCUT2D eigenvalue weighted by Gasteiger charge is 2.19. The predicted molar refractivity (Wildman–Crippen MR) is 84.0 cm³/mol. The number of hydrogen-bond donors (Lipinski definition) is 1. The van der Waals surface area contributed by atoms with Gasteiger partial charge in [0, 0.05) is 39.9 Å². The van der Waals surface area contributed by atoms with Crippen molar-refractivity contribution in [2.75, 3.05) is 39.1 Å². The maximum Gasteiger partial charge on any atom is 0.244 e. The van der Waals surface area contributed by atoms with Crippen LogP contribution in [-0.2, 0) is 10.0 Å². The summed E-state index contributed by atoms with van der Waals surface area (Å²) in [7, 11) is 1.61. The average Bonchev–Trinajstić information content (AvgIpc) is 2.48. The number of nitrogens with one attached hydrogen (secondary N) is 1. The van der Waals surface area contributed by atoms with Crippen molar-refractivity contribution in [1.29, 1.82) is 0 Å². The second-order valence-electron chi connectivity index (χ2n) is 5.67. The van der Waals surface area contributed by atoms with Crippen molar-refractivity contribution in [3.05, 3.63) is 18.3 Å². The van der Waals surface area contributed by atoms with Crippen LogP contribution in [0.25, 0.3) is 0 Å². The molecule has 2 heterocycles. The summed E-state index contributed by atoms with van der Waals surface area (Å²) < 4.78 is 25.2. The molecule has 118 valence electrons. The molecular formula is C14H24N4O2S. The molecule has 0 amide bonds. The van der Waals surface area contributed by atoms with Gasteiger partial charge in [0.1, 0.15) is 10.7 Å². The molecule has 1 unspecified atom stereocenters. The lowest BCUT2D eigenvalue weighted by Crippen LogP contribution is -2.42. The van der Waals surface area contributed by atoms with E-state index in [0.29, 0.717) is 6.04 Å². The number of aromatic nitrogens is 1. The van der Waals surface area contributed by atoms with Gasteiger partial charge in [0.25, 0.3) is 0 Å². The highest BCUT2D eigenvalue weighted by Crippen LogP contribution is 2.17. The molecule has 1 saturated heterocycles. The van der Waals surface area contributed by atoms with Crippen LogP contribution in [0.2, 0.25) is 0 Å². The lowest BCUT2D eigenvalue weighted by atomic mass is 10.0. The Balaban J connectivity index is 2.04. The fourth-order valence-corrected chi connectivity index (χ4v) is 3.31. The summed E-state index contributed by atoms with van der Waals surface area (Å²) in [5.41, 5.74) is 0. The number of nitrogens with zero attached hydrogens (tertiary/aromatic N) is 3. The molecule has 0 saturated carbocycles. The second-order valence-corrected chi connectivity index (χ2v) is 7.82. The molecule has 7 heteroatoms. The highest BCUT2D eigenvalue weighted by molar-refractivity contribution is 7.89. The largest absolute Gasteiger partial charge is 0.358 e. The Morgan fingerprint density at radius 1 is 1.29 bits per heavy atom. The van der Waals surface area contributed by atoms with Gasteiger partial charge < -0.3 is 10.2 Å². The third-order valence-electron chi connectivity index (χ3n) is 3.80. The summed E-state index contributed by atoms with van der Waals surface area (Å²) in [6.07, 6.45) is 5.11. The van der Waals surface area contributed by atoms with E-state index in [2.05, 4.69) is 15.2 Å². The van der Waals surface area contributed by atoms with Crippen LogP contribution >= 0.6 is 0 Å². The normalized spacial score (nSPS) is 19.7. The van der Waals surface area contributed by atoms with E-state index >= 15 is 0 Å². The molecule has 0 aromatic carbocycles. The molecule has 1 aliphatic heterocycles. The number of piperidine rings is 1. The summed E-state index contributed by atoms with van der Waals surface area (Å²) in [5, 5.41) is 3.50. The van der Waals surface area contributed by atoms with Crippen LogP contribution in [0.4, 0.5) is 5.82 Å². The lowest BCUT2D eigenvalue weighted by molar-refractivity contribution is 0.403. The van der Waals surface area contributed by atoms with Gasteiger partial charge in [-0.15, -0.1) is 0 Å². The molecule has 1 aliphatic rings. The number of anilines is 1. The number of likely N-dealkylation sites (N-methyl/N-ethyl adjacent to an activating group) is 1. The maximum atomic E-state index is 12.0. The van der Waals surface area contributed by atoms with Gasteiger partial charge in [-0.25, -0.2) is 17.7 Å². The zero-order valence-electron chi connectivity index (χ0n) is 12.9. The van der Waals surface area contributed by atoms with Crippen LogP contribution in [-0.4, -0.2) is 58.0 Å². The van der Waals surface area contributed by atoms with E-state index in [4.69, 9.17) is 0 Å². The summed E-state index contributed by atoms with van der Waals surface area (Å²) >= 11 is 0. The maximum absolute atomic E-state index is 12.0. The van der Waals surface area contributed by atoms with Crippen LogP contribution in [0.15, 0.2) is 23.2 Å². The molecule has 6 nitrogen and oxygen atoms in total. The third-order valence-corrected chi connectivity index (χ3v) is 5.60. The van der Waals surface area contributed by atoms with Gasteiger partial charge in [-0.3, -0.25) is 0 Å². The third kappa shape index (κ3) is 3.93. The van der Waals surface area contributed by atoms with E-state index < -0.39 is 10.0 Å². The lowest BCUT2D eigenvalue weighted by Gasteiger charge is -2.28. The first kappa shape index (κ1) is 16.2. The van der Waals surface area contributed by atoms with Gasteiger partial charge in [0.05, 0.1) is 0 Å². The van der Waals surface area contributed by atoms with Crippen LogP contribution in [0.1, 0.15) is 19.3 Å². The van der Waals surface area contributed by atoms with Crippen molar-refractivity contribution < 1.29 is 8.42 Å². The van der Waals surface area contributed by atoms with Crippen LogP contribution < -0.4 is 10.2 Å². The molecule has 0 radical (unpaired) electrons. The van der Waals surface area contributed by atoms with E-state index in [9.17, 15) is 8.42 Å². The Labute approximate surface area is 127 Å².